The minimum absolute atomic E-state index is 0.0335. The van der Waals surface area contributed by atoms with Crippen LogP contribution in [0.5, 0.6) is 0 Å². The molecule has 0 spiro atoms. The second-order valence-corrected chi connectivity index (χ2v) is 6.20. The largest absolute Gasteiger partial charge is 0.356 e. The third kappa shape index (κ3) is 2.33. The fourth-order valence-corrected chi connectivity index (χ4v) is 3.44. The van der Waals surface area contributed by atoms with E-state index in [1.165, 1.54) is 5.56 Å². The Morgan fingerprint density at radius 1 is 1.19 bits per heavy atom. The maximum atomic E-state index is 12.3. The van der Waals surface area contributed by atoms with Gasteiger partial charge in [-0.3, -0.25) is 0 Å². The van der Waals surface area contributed by atoms with Crippen molar-refractivity contribution >= 4 is 22.7 Å². The zero-order chi connectivity index (χ0) is 17.5. The molecule has 7 nitrogen and oxygen atoms in total. The molecule has 128 valence electrons. The van der Waals surface area contributed by atoms with Crippen LogP contribution in [0.4, 0.5) is 10.5 Å². The van der Waals surface area contributed by atoms with Crippen LogP contribution in [0.15, 0.2) is 65.7 Å². The minimum Gasteiger partial charge on any atom is -0.356 e. The number of carbonyl (C=O) groups excluding carboxylic acids is 1. The first kappa shape index (κ1) is 14.7. The molecule has 7 heteroatoms. The van der Waals surface area contributed by atoms with Crippen LogP contribution >= 0.6 is 0 Å². The Hall–Kier alpha value is -3.61. The highest BCUT2D eigenvalue weighted by molar-refractivity contribution is 5.92. The first-order valence-corrected chi connectivity index (χ1v) is 8.30. The van der Waals surface area contributed by atoms with E-state index >= 15 is 0 Å². The van der Waals surface area contributed by atoms with Crippen LogP contribution in [-0.4, -0.2) is 27.3 Å². The summed E-state index contributed by atoms with van der Waals surface area (Å²) in [5, 5.41) is 10.4. The molecule has 2 aromatic heterocycles. The smallest absolute Gasteiger partial charge is 0.319 e. The second kappa shape index (κ2) is 5.73. The monoisotopic (exact) mass is 345 g/mol. The average molecular weight is 345 g/mol. The van der Waals surface area contributed by atoms with Gasteiger partial charge >= 0.3 is 6.03 Å². The van der Waals surface area contributed by atoms with E-state index in [4.69, 9.17) is 4.52 Å². The molecule has 1 aliphatic heterocycles. The van der Waals surface area contributed by atoms with Crippen molar-refractivity contribution < 1.29 is 9.32 Å². The van der Waals surface area contributed by atoms with Gasteiger partial charge in [0.15, 0.2) is 5.58 Å². The van der Waals surface area contributed by atoms with Gasteiger partial charge in [0.05, 0.1) is 30.5 Å². The number of nitrogens with one attached hydrogen (secondary N) is 2. The molecular formula is C19H15N5O2. The molecule has 4 aromatic rings. The quantitative estimate of drug-likeness (QED) is 0.596. The van der Waals surface area contributed by atoms with Gasteiger partial charge in [0.2, 0.25) is 0 Å². The number of urea groups is 1. The Balaban J connectivity index is 1.31. The number of imidazole rings is 1. The number of nitrogens with zero attached hydrogens (tertiary/aromatic N) is 3. The molecule has 2 aromatic carbocycles. The lowest BCUT2D eigenvalue weighted by Gasteiger charge is -2.16. The van der Waals surface area contributed by atoms with Crippen molar-refractivity contribution in [2.45, 2.75) is 6.04 Å². The van der Waals surface area contributed by atoms with Crippen molar-refractivity contribution in [1.29, 1.82) is 0 Å². The number of hydrogen-bond acceptors (Lipinski definition) is 4. The molecule has 0 bridgehead atoms. The fourth-order valence-electron chi connectivity index (χ4n) is 3.44. The number of anilines is 1. The maximum absolute atomic E-state index is 12.3. The topological polar surface area (TPSA) is 85.0 Å². The van der Waals surface area contributed by atoms with Gasteiger partial charge in [-0.25, -0.2) is 9.78 Å². The van der Waals surface area contributed by atoms with E-state index in [0.29, 0.717) is 17.8 Å². The van der Waals surface area contributed by atoms with Gasteiger partial charge in [-0.15, -0.1) is 0 Å². The normalized spacial score (nSPS) is 14.8. The molecule has 0 fully saturated rings. The summed E-state index contributed by atoms with van der Waals surface area (Å²) in [7, 11) is 0. The summed E-state index contributed by atoms with van der Waals surface area (Å²) >= 11 is 0. The van der Waals surface area contributed by atoms with E-state index in [1.807, 2.05) is 30.5 Å². The highest BCUT2D eigenvalue weighted by Crippen LogP contribution is 2.38. The average Bonchev–Trinajstić information content (AvgIpc) is 3.36. The molecule has 0 radical (unpaired) electrons. The van der Waals surface area contributed by atoms with Gasteiger partial charge in [0.25, 0.3) is 0 Å². The minimum atomic E-state index is -0.269. The lowest BCUT2D eigenvalue weighted by Crippen LogP contribution is -2.33. The third-order valence-electron chi connectivity index (χ3n) is 4.67. The Bertz CT molecular complexity index is 1110. The van der Waals surface area contributed by atoms with E-state index in [2.05, 4.69) is 37.5 Å². The predicted molar refractivity (Wildman–Crippen MR) is 96.8 cm³/mol. The van der Waals surface area contributed by atoms with Crippen LogP contribution in [0, 0.1) is 0 Å². The SMILES string of the molecule is O=C(NCC1c2ccccc2-c2cncn21)Nc1ccc2cnoc2c1. The van der Waals surface area contributed by atoms with Crippen molar-refractivity contribution in [3.05, 3.63) is 66.7 Å². The molecule has 26 heavy (non-hydrogen) atoms. The number of fused-ring (bicyclic) bond motifs is 4. The molecule has 0 saturated carbocycles. The maximum Gasteiger partial charge on any atom is 0.319 e. The van der Waals surface area contributed by atoms with Crippen LogP contribution < -0.4 is 10.6 Å². The van der Waals surface area contributed by atoms with Crippen LogP contribution in [0.1, 0.15) is 11.6 Å². The zero-order valence-electron chi connectivity index (χ0n) is 13.7. The summed E-state index contributed by atoms with van der Waals surface area (Å²) in [6.45, 7) is 0.469. The number of aromatic nitrogens is 3. The van der Waals surface area contributed by atoms with Crippen LogP contribution in [0.25, 0.3) is 22.2 Å². The van der Waals surface area contributed by atoms with E-state index in [9.17, 15) is 4.79 Å². The first-order chi connectivity index (χ1) is 12.8. The van der Waals surface area contributed by atoms with Crippen LogP contribution in [0.2, 0.25) is 0 Å². The first-order valence-electron chi connectivity index (χ1n) is 8.30. The molecule has 0 aliphatic carbocycles. The summed E-state index contributed by atoms with van der Waals surface area (Å²) in [5.41, 5.74) is 4.71. The van der Waals surface area contributed by atoms with E-state index in [1.54, 1.807) is 18.6 Å². The molecule has 0 saturated heterocycles. The van der Waals surface area contributed by atoms with E-state index in [-0.39, 0.29) is 12.1 Å². The summed E-state index contributed by atoms with van der Waals surface area (Å²) in [4.78, 5) is 16.5. The highest BCUT2D eigenvalue weighted by Gasteiger charge is 2.28. The Labute approximate surface area is 148 Å². The number of benzene rings is 2. The van der Waals surface area contributed by atoms with Gasteiger partial charge in [-0.05, 0) is 17.7 Å². The predicted octanol–water partition coefficient (Wildman–Crippen LogP) is 3.42. The van der Waals surface area contributed by atoms with Gasteiger partial charge in [0, 0.05) is 29.2 Å². The van der Waals surface area contributed by atoms with Crippen molar-refractivity contribution in [1.82, 2.24) is 20.0 Å². The lowest BCUT2D eigenvalue weighted by molar-refractivity contribution is 0.251. The summed E-state index contributed by atoms with van der Waals surface area (Å²) in [5.74, 6) is 0. The van der Waals surface area contributed by atoms with Crippen molar-refractivity contribution in [2.24, 2.45) is 0 Å². The van der Waals surface area contributed by atoms with Crippen LogP contribution in [-0.2, 0) is 0 Å². The highest BCUT2D eigenvalue weighted by atomic mass is 16.5. The van der Waals surface area contributed by atoms with Gasteiger partial charge in [-0.1, -0.05) is 29.4 Å². The number of amides is 2. The lowest BCUT2D eigenvalue weighted by atomic mass is 10.0. The molecule has 3 heterocycles. The summed E-state index contributed by atoms with van der Waals surface area (Å²) in [6.07, 6.45) is 5.29. The third-order valence-corrected chi connectivity index (χ3v) is 4.67. The molecular weight excluding hydrogens is 330 g/mol. The molecule has 2 amide bonds. The number of rotatable bonds is 3. The van der Waals surface area contributed by atoms with Gasteiger partial charge in [-0.2, -0.15) is 0 Å². The van der Waals surface area contributed by atoms with E-state index < -0.39 is 0 Å². The Kier molecular flexibility index (Phi) is 3.24. The molecule has 2 N–H and O–H groups in total. The Morgan fingerprint density at radius 2 is 2.12 bits per heavy atom. The van der Waals surface area contributed by atoms with Gasteiger partial charge < -0.3 is 19.7 Å². The Morgan fingerprint density at radius 3 is 3.08 bits per heavy atom. The molecule has 1 atom stereocenters. The van der Waals surface area contributed by atoms with Gasteiger partial charge in [0.1, 0.15) is 0 Å². The van der Waals surface area contributed by atoms with Crippen molar-refractivity contribution in [2.75, 3.05) is 11.9 Å². The fraction of sp³-hybridized carbons (Fsp3) is 0.105. The van der Waals surface area contributed by atoms with Crippen LogP contribution in [0.3, 0.4) is 0 Å². The van der Waals surface area contributed by atoms with Crippen molar-refractivity contribution in [3.63, 3.8) is 0 Å². The second-order valence-electron chi connectivity index (χ2n) is 6.20. The molecule has 5 rings (SSSR count). The van der Waals surface area contributed by atoms with E-state index in [0.717, 1.165) is 16.6 Å². The molecule has 1 aliphatic rings. The number of carbonyl (C=O) groups is 1. The molecule has 1 unspecified atom stereocenters. The summed E-state index contributed by atoms with van der Waals surface area (Å²) in [6, 6.07) is 13.4. The zero-order valence-corrected chi connectivity index (χ0v) is 13.7. The summed E-state index contributed by atoms with van der Waals surface area (Å²) < 4.78 is 7.21. The van der Waals surface area contributed by atoms with Crippen molar-refractivity contribution in [3.8, 4) is 11.3 Å². The standard InChI is InChI=1S/C19H15N5O2/c25-19(23-13-6-5-12-8-22-26-18(12)7-13)21-10-17-15-4-2-1-3-14(15)16-9-20-11-24(16)17/h1-9,11,17H,10H2,(H2,21,23,25). The number of hydrogen-bond donors (Lipinski definition) is 2.